The molecule has 6 heteroatoms. The van der Waals surface area contributed by atoms with Crippen molar-refractivity contribution in [1.29, 1.82) is 0 Å². The number of amides is 1. The van der Waals surface area contributed by atoms with Gasteiger partial charge in [0.05, 0.1) is 18.9 Å². The quantitative estimate of drug-likeness (QED) is 0.731. The first-order chi connectivity index (χ1) is 11.7. The third-order valence-electron chi connectivity index (χ3n) is 3.90. The van der Waals surface area contributed by atoms with Crippen molar-refractivity contribution in [2.24, 2.45) is 0 Å². The largest absolute Gasteiger partial charge is 0.497 e. The zero-order chi connectivity index (χ0) is 16.9. The van der Waals surface area contributed by atoms with Gasteiger partial charge in [0.2, 0.25) is 0 Å². The SMILES string of the molecule is COc1ccc(CN(C(=O)COC(=O)c2ccoc2)C2CC2)cc1. The lowest BCUT2D eigenvalue weighted by atomic mass is 10.2. The summed E-state index contributed by atoms with van der Waals surface area (Å²) in [6, 6.07) is 9.32. The first kappa shape index (κ1) is 16.1. The molecular formula is C18H19NO5. The van der Waals surface area contributed by atoms with Gasteiger partial charge < -0.3 is 18.8 Å². The zero-order valence-corrected chi connectivity index (χ0v) is 13.4. The van der Waals surface area contributed by atoms with Gasteiger partial charge in [-0.1, -0.05) is 12.1 Å². The van der Waals surface area contributed by atoms with Crippen LogP contribution in [0, 0.1) is 0 Å². The molecule has 1 aromatic heterocycles. The maximum atomic E-state index is 12.4. The molecule has 0 bridgehead atoms. The standard InChI is InChI=1S/C18H19NO5/c1-22-16-6-2-13(3-7-16)10-19(15-4-5-15)17(20)12-24-18(21)14-8-9-23-11-14/h2-3,6-9,11,15H,4-5,10,12H2,1H3. The lowest BCUT2D eigenvalue weighted by molar-refractivity contribution is -0.135. The molecule has 1 amide bonds. The fourth-order valence-corrected chi connectivity index (χ4v) is 2.41. The second-order valence-corrected chi connectivity index (χ2v) is 5.69. The average molecular weight is 329 g/mol. The van der Waals surface area contributed by atoms with Gasteiger partial charge in [-0.05, 0) is 36.6 Å². The smallest absolute Gasteiger partial charge is 0.341 e. The highest BCUT2D eigenvalue weighted by molar-refractivity contribution is 5.91. The minimum atomic E-state index is -0.558. The van der Waals surface area contributed by atoms with Crippen molar-refractivity contribution in [2.45, 2.75) is 25.4 Å². The average Bonchev–Trinajstić information content (AvgIpc) is 3.30. The Morgan fingerprint density at radius 1 is 1.21 bits per heavy atom. The Kier molecular flexibility index (Phi) is 4.84. The van der Waals surface area contributed by atoms with Crippen LogP contribution in [-0.2, 0) is 16.1 Å². The number of benzene rings is 1. The van der Waals surface area contributed by atoms with E-state index in [2.05, 4.69) is 0 Å². The molecule has 0 N–H and O–H groups in total. The van der Waals surface area contributed by atoms with Crippen molar-refractivity contribution in [2.75, 3.05) is 13.7 Å². The number of nitrogens with zero attached hydrogens (tertiary/aromatic N) is 1. The van der Waals surface area contributed by atoms with E-state index in [1.807, 2.05) is 24.3 Å². The molecule has 1 fully saturated rings. The molecule has 1 aromatic carbocycles. The summed E-state index contributed by atoms with van der Waals surface area (Å²) < 4.78 is 15.0. The summed E-state index contributed by atoms with van der Waals surface area (Å²) in [4.78, 5) is 26.0. The number of ether oxygens (including phenoxy) is 2. The third-order valence-corrected chi connectivity index (χ3v) is 3.90. The highest BCUT2D eigenvalue weighted by Gasteiger charge is 2.33. The molecule has 1 heterocycles. The number of hydrogen-bond donors (Lipinski definition) is 0. The number of furan rings is 1. The van der Waals surface area contributed by atoms with Gasteiger partial charge in [0.25, 0.3) is 5.91 Å². The van der Waals surface area contributed by atoms with Crippen molar-refractivity contribution in [1.82, 2.24) is 4.90 Å². The molecule has 2 aromatic rings. The second-order valence-electron chi connectivity index (χ2n) is 5.69. The number of methoxy groups -OCH3 is 1. The Morgan fingerprint density at radius 3 is 2.54 bits per heavy atom. The van der Waals surface area contributed by atoms with E-state index >= 15 is 0 Å². The third kappa shape index (κ3) is 3.95. The maximum absolute atomic E-state index is 12.4. The second kappa shape index (κ2) is 7.21. The van der Waals surface area contributed by atoms with Crippen LogP contribution >= 0.6 is 0 Å². The molecule has 0 radical (unpaired) electrons. The first-order valence-electron chi connectivity index (χ1n) is 7.79. The molecule has 6 nitrogen and oxygen atoms in total. The van der Waals surface area contributed by atoms with E-state index in [1.54, 1.807) is 12.0 Å². The highest BCUT2D eigenvalue weighted by atomic mass is 16.5. The van der Waals surface area contributed by atoms with Crippen molar-refractivity contribution < 1.29 is 23.5 Å². The van der Waals surface area contributed by atoms with Crippen LogP contribution in [0.1, 0.15) is 28.8 Å². The van der Waals surface area contributed by atoms with Gasteiger partial charge in [0.15, 0.2) is 6.61 Å². The Hall–Kier alpha value is -2.76. The van der Waals surface area contributed by atoms with E-state index < -0.39 is 5.97 Å². The molecule has 1 aliphatic carbocycles. The van der Waals surface area contributed by atoms with E-state index in [-0.39, 0.29) is 18.6 Å². The van der Waals surface area contributed by atoms with E-state index in [1.165, 1.54) is 18.6 Å². The van der Waals surface area contributed by atoms with Crippen LogP contribution in [-0.4, -0.2) is 36.5 Å². The molecule has 0 spiro atoms. The van der Waals surface area contributed by atoms with Crippen molar-refractivity contribution in [3.05, 3.63) is 54.0 Å². The fourth-order valence-electron chi connectivity index (χ4n) is 2.41. The van der Waals surface area contributed by atoms with Crippen LogP contribution in [0.2, 0.25) is 0 Å². The lowest BCUT2D eigenvalue weighted by Gasteiger charge is -2.22. The monoisotopic (exact) mass is 329 g/mol. The zero-order valence-electron chi connectivity index (χ0n) is 13.4. The van der Waals surface area contributed by atoms with Crippen LogP contribution in [0.4, 0.5) is 0 Å². The van der Waals surface area contributed by atoms with Crippen molar-refractivity contribution in [3.8, 4) is 5.75 Å². The van der Waals surface area contributed by atoms with Crippen molar-refractivity contribution >= 4 is 11.9 Å². The van der Waals surface area contributed by atoms with Crippen LogP contribution in [0.3, 0.4) is 0 Å². The van der Waals surface area contributed by atoms with Gasteiger partial charge in [0.1, 0.15) is 12.0 Å². The molecule has 1 aliphatic rings. The minimum Gasteiger partial charge on any atom is -0.497 e. The predicted molar refractivity (Wildman–Crippen MR) is 85.6 cm³/mol. The van der Waals surface area contributed by atoms with Gasteiger partial charge in [-0.2, -0.15) is 0 Å². The van der Waals surface area contributed by atoms with Crippen LogP contribution in [0.25, 0.3) is 0 Å². The predicted octanol–water partition coefficient (Wildman–Crippen LogP) is 2.64. The summed E-state index contributed by atoms with van der Waals surface area (Å²) in [5, 5.41) is 0. The van der Waals surface area contributed by atoms with E-state index in [9.17, 15) is 9.59 Å². The van der Waals surface area contributed by atoms with Gasteiger partial charge in [-0.25, -0.2) is 4.79 Å². The summed E-state index contributed by atoms with van der Waals surface area (Å²) in [6.45, 7) is 0.230. The van der Waals surface area contributed by atoms with E-state index in [0.29, 0.717) is 12.1 Å². The number of hydrogen-bond acceptors (Lipinski definition) is 5. The van der Waals surface area contributed by atoms with E-state index in [4.69, 9.17) is 13.9 Å². The number of carbonyl (C=O) groups is 2. The normalized spacial score (nSPS) is 13.4. The van der Waals surface area contributed by atoms with Gasteiger partial charge in [-0.15, -0.1) is 0 Å². The maximum Gasteiger partial charge on any atom is 0.341 e. The Bertz CT molecular complexity index is 689. The fraction of sp³-hybridized carbons (Fsp3) is 0.333. The summed E-state index contributed by atoms with van der Waals surface area (Å²) in [7, 11) is 1.61. The molecule has 24 heavy (non-hydrogen) atoms. The topological polar surface area (TPSA) is 69.0 Å². The molecule has 126 valence electrons. The molecule has 0 saturated heterocycles. The summed E-state index contributed by atoms with van der Waals surface area (Å²) in [6.07, 6.45) is 4.65. The van der Waals surface area contributed by atoms with Crippen molar-refractivity contribution in [3.63, 3.8) is 0 Å². The number of esters is 1. The van der Waals surface area contributed by atoms with Gasteiger partial charge in [-0.3, -0.25) is 4.79 Å². The molecule has 3 rings (SSSR count). The first-order valence-corrected chi connectivity index (χ1v) is 7.79. The summed E-state index contributed by atoms with van der Waals surface area (Å²) in [5.41, 5.74) is 1.31. The lowest BCUT2D eigenvalue weighted by Crippen LogP contribution is -2.36. The van der Waals surface area contributed by atoms with Crippen LogP contribution in [0.15, 0.2) is 47.3 Å². The highest BCUT2D eigenvalue weighted by Crippen LogP contribution is 2.29. The molecule has 0 atom stereocenters. The van der Waals surface area contributed by atoms with Crippen LogP contribution < -0.4 is 4.74 Å². The molecule has 1 saturated carbocycles. The Morgan fingerprint density at radius 2 is 1.96 bits per heavy atom. The molecule has 0 unspecified atom stereocenters. The summed E-state index contributed by atoms with van der Waals surface area (Å²) in [5.74, 6) is 0.0274. The van der Waals surface area contributed by atoms with Gasteiger partial charge in [0, 0.05) is 12.6 Å². The summed E-state index contributed by atoms with van der Waals surface area (Å²) >= 11 is 0. The van der Waals surface area contributed by atoms with Gasteiger partial charge >= 0.3 is 5.97 Å². The number of rotatable bonds is 7. The van der Waals surface area contributed by atoms with Crippen LogP contribution in [0.5, 0.6) is 5.75 Å². The minimum absolute atomic E-state index is 0.190. The number of carbonyl (C=O) groups excluding carboxylic acids is 2. The Labute approximate surface area is 140 Å². The molecular weight excluding hydrogens is 310 g/mol. The Balaban J connectivity index is 1.58. The van der Waals surface area contributed by atoms with E-state index in [0.717, 1.165) is 24.2 Å². The molecule has 0 aliphatic heterocycles.